The van der Waals surface area contributed by atoms with E-state index in [4.69, 9.17) is 9.15 Å². The van der Waals surface area contributed by atoms with Gasteiger partial charge in [0.15, 0.2) is 12.0 Å². The molecule has 9 heteroatoms. The fraction of sp³-hybridized carbons (Fsp3) is 0.235. The Kier molecular flexibility index (Phi) is 4.53. The second-order valence-electron chi connectivity index (χ2n) is 5.68. The van der Waals surface area contributed by atoms with Gasteiger partial charge in [0.2, 0.25) is 0 Å². The van der Waals surface area contributed by atoms with Crippen LogP contribution in [-0.4, -0.2) is 24.6 Å². The van der Waals surface area contributed by atoms with E-state index in [0.29, 0.717) is 29.9 Å². The van der Waals surface area contributed by atoms with Gasteiger partial charge in [-0.15, -0.1) is 13.2 Å². The Morgan fingerprint density at radius 3 is 2.65 bits per heavy atom. The minimum absolute atomic E-state index is 0.131. The predicted molar refractivity (Wildman–Crippen MR) is 95.5 cm³/mol. The van der Waals surface area contributed by atoms with Gasteiger partial charge >= 0.3 is 6.36 Å². The highest BCUT2D eigenvalue weighted by Crippen LogP contribution is 2.38. The number of rotatable bonds is 3. The average Bonchev–Trinajstić information content (AvgIpc) is 3.25. The first-order chi connectivity index (χ1) is 12.4. The summed E-state index contributed by atoms with van der Waals surface area (Å²) in [6, 6.07) is 7.61. The average molecular weight is 476 g/mol. The Morgan fingerprint density at radius 2 is 2.00 bits per heavy atom. The fourth-order valence-electron chi connectivity index (χ4n) is 2.96. The van der Waals surface area contributed by atoms with Crippen LogP contribution in [0.15, 0.2) is 41.1 Å². The van der Waals surface area contributed by atoms with Gasteiger partial charge in [0.25, 0.3) is 0 Å². The molecule has 1 atom stereocenters. The molecule has 2 heterocycles. The maximum absolute atomic E-state index is 12.3. The smallest absolute Gasteiger partial charge is 0.443 e. The maximum atomic E-state index is 12.3. The van der Waals surface area contributed by atoms with Crippen molar-refractivity contribution < 1.29 is 27.1 Å². The molecule has 1 fully saturated rings. The number of aromatic nitrogens is 1. The van der Waals surface area contributed by atoms with Crippen LogP contribution >= 0.6 is 22.6 Å². The topological polar surface area (TPSA) is 56.5 Å². The van der Waals surface area contributed by atoms with Crippen molar-refractivity contribution in [3.63, 3.8) is 0 Å². The third-order valence-electron chi connectivity index (χ3n) is 4.03. The first-order valence-electron chi connectivity index (χ1n) is 7.66. The van der Waals surface area contributed by atoms with Crippen LogP contribution in [0.25, 0.3) is 22.2 Å². The third kappa shape index (κ3) is 3.38. The van der Waals surface area contributed by atoms with Gasteiger partial charge < -0.3 is 13.9 Å². The molecule has 26 heavy (non-hydrogen) atoms. The van der Waals surface area contributed by atoms with Gasteiger partial charge in [-0.25, -0.2) is 4.98 Å². The van der Waals surface area contributed by atoms with Crippen molar-refractivity contribution >= 4 is 33.7 Å². The Bertz CT molecular complexity index is 935. The minimum Gasteiger partial charge on any atom is -0.443 e. The highest BCUT2D eigenvalue weighted by molar-refractivity contribution is 14.1. The second-order valence-corrected chi connectivity index (χ2v) is 6.84. The van der Waals surface area contributed by atoms with Crippen molar-refractivity contribution in [3.05, 3.63) is 45.9 Å². The molecule has 0 radical (unpaired) electrons. The molecule has 2 aromatic carbocycles. The first kappa shape index (κ1) is 17.6. The molecule has 5 nitrogen and oxygen atoms in total. The number of ether oxygens (including phenoxy) is 2. The second kappa shape index (κ2) is 6.71. The van der Waals surface area contributed by atoms with Gasteiger partial charge in [-0.1, -0.05) is 12.1 Å². The molecule has 1 aliphatic rings. The summed E-state index contributed by atoms with van der Waals surface area (Å²) in [5, 5.41) is 3.13. The highest BCUT2D eigenvalue weighted by atomic mass is 127. The zero-order valence-electron chi connectivity index (χ0n) is 13.1. The molecule has 0 spiro atoms. The van der Waals surface area contributed by atoms with Gasteiger partial charge in [0.1, 0.15) is 17.4 Å². The van der Waals surface area contributed by atoms with Gasteiger partial charge in [-0.3, -0.25) is 5.32 Å². The van der Waals surface area contributed by atoms with E-state index in [2.05, 4.69) is 37.6 Å². The summed E-state index contributed by atoms with van der Waals surface area (Å²) >= 11 is 2.20. The molecule has 136 valence electrons. The monoisotopic (exact) mass is 476 g/mol. The molecule has 1 N–H and O–H groups in total. The predicted octanol–water partition coefficient (Wildman–Crippen LogP) is 4.62. The van der Waals surface area contributed by atoms with Gasteiger partial charge in [-0.2, -0.15) is 0 Å². The zero-order chi connectivity index (χ0) is 18.3. The molecular formula is C17H12F3IN2O3. The van der Waals surface area contributed by atoms with E-state index in [1.165, 1.54) is 18.5 Å². The number of benzene rings is 2. The zero-order valence-corrected chi connectivity index (χ0v) is 15.3. The number of hydrogen-bond donors (Lipinski definition) is 1. The van der Waals surface area contributed by atoms with E-state index < -0.39 is 6.36 Å². The van der Waals surface area contributed by atoms with Crippen molar-refractivity contribution in [2.45, 2.75) is 12.5 Å². The molecule has 0 amide bonds. The quantitative estimate of drug-likeness (QED) is 0.560. The largest absolute Gasteiger partial charge is 0.573 e. The van der Waals surface area contributed by atoms with Gasteiger partial charge in [0, 0.05) is 21.2 Å². The Labute approximate surface area is 159 Å². The normalized spacial score (nSPS) is 17.8. The van der Waals surface area contributed by atoms with Crippen LogP contribution in [0.4, 0.5) is 13.2 Å². The van der Waals surface area contributed by atoms with Crippen LogP contribution in [0, 0.1) is 3.57 Å². The molecule has 1 aromatic heterocycles. The van der Waals surface area contributed by atoms with E-state index in [1.807, 2.05) is 6.07 Å². The molecule has 0 saturated carbocycles. The van der Waals surface area contributed by atoms with Crippen molar-refractivity contribution in [1.82, 2.24) is 10.3 Å². The van der Waals surface area contributed by atoms with E-state index >= 15 is 0 Å². The van der Waals surface area contributed by atoms with Crippen molar-refractivity contribution in [2.24, 2.45) is 0 Å². The number of nitrogens with one attached hydrogen (secondary N) is 1. The number of alkyl halides is 3. The molecular weight excluding hydrogens is 464 g/mol. The standard InChI is InChI=1S/C17H12F3IN2O3/c18-17(19,20)26-10-3-1-9(2-4-10)11-5-12(21)14(13-6-22-7-24-13)16-15(11)23-8-25-16/h1-5,8,13,22H,6-7H2. The van der Waals surface area contributed by atoms with Crippen LogP contribution in [0.5, 0.6) is 5.75 Å². The summed E-state index contributed by atoms with van der Waals surface area (Å²) in [4.78, 5) is 4.29. The van der Waals surface area contributed by atoms with E-state index in [-0.39, 0.29) is 11.9 Å². The molecule has 4 rings (SSSR count). The summed E-state index contributed by atoms with van der Waals surface area (Å²) in [6.07, 6.45) is -3.49. The lowest BCUT2D eigenvalue weighted by molar-refractivity contribution is -0.274. The molecule has 1 aliphatic heterocycles. The van der Waals surface area contributed by atoms with E-state index in [0.717, 1.165) is 14.7 Å². The van der Waals surface area contributed by atoms with E-state index in [1.54, 1.807) is 12.1 Å². The highest BCUT2D eigenvalue weighted by Gasteiger charge is 2.31. The number of nitrogens with zero attached hydrogens (tertiary/aromatic N) is 1. The van der Waals surface area contributed by atoms with Crippen LogP contribution < -0.4 is 10.1 Å². The van der Waals surface area contributed by atoms with Gasteiger partial charge in [-0.05, 0) is 46.4 Å². The lowest BCUT2D eigenvalue weighted by Gasteiger charge is -2.14. The Morgan fingerprint density at radius 1 is 1.23 bits per heavy atom. The Balaban J connectivity index is 1.75. The lowest BCUT2D eigenvalue weighted by Crippen LogP contribution is -2.16. The molecule has 1 saturated heterocycles. The summed E-state index contributed by atoms with van der Waals surface area (Å²) in [5.74, 6) is -0.269. The van der Waals surface area contributed by atoms with Crippen LogP contribution in [0.3, 0.4) is 0 Å². The number of hydrogen-bond acceptors (Lipinski definition) is 5. The molecule has 1 unspecified atom stereocenters. The first-order valence-corrected chi connectivity index (χ1v) is 8.74. The minimum atomic E-state index is -4.72. The van der Waals surface area contributed by atoms with Crippen LogP contribution in [0.2, 0.25) is 0 Å². The fourth-order valence-corrected chi connectivity index (χ4v) is 3.86. The molecule has 0 aliphatic carbocycles. The van der Waals surface area contributed by atoms with Crippen molar-refractivity contribution in [2.75, 3.05) is 13.3 Å². The van der Waals surface area contributed by atoms with Crippen molar-refractivity contribution in [3.8, 4) is 16.9 Å². The van der Waals surface area contributed by atoms with Gasteiger partial charge in [0.05, 0.1) is 6.73 Å². The number of halogens is 4. The Hall–Kier alpha value is -1.85. The van der Waals surface area contributed by atoms with Crippen molar-refractivity contribution in [1.29, 1.82) is 0 Å². The van der Waals surface area contributed by atoms with Crippen LogP contribution in [-0.2, 0) is 4.74 Å². The summed E-state index contributed by atoms with van der Waals surface area (Å²) < 4.78 is 53.1. The summed E-state index contributed by atoms with van der Waals surface area (Å²) in [6.45, 7) is 1.15. The van der Waals surface area contributed by atoms with E-state index in [9.17, 15) is 13.2 Å². The number of fused-ring (bicyclic) bond motifs is 1. The third-order valence-corrected chi connectivity index (χ3v) is 4.93. The summed E-state index contributed by atoms with van der Waals surface area (Å²) in [5.41, 5.74) is 3.67. The summed E-state index contributed by atoms with van der Waals surface area (Å²) in [7, 11) is 0. The number of oxazole rings is 1. The maximum Gasteiger partial charge on any atom is 0.573 e. The molecule has 0 bridgehead atoms. The van der Waals surface area contributed by atoms with Crippen LogP contribution in [0.1, 0.15) is 11.7 Å². The lowest BCUT2D eigenvalue weighted by atomic mass is 9.99. The molecule has 3 aromatic rings. The SMILES string of the molecule is FC(F)(F)Oc1ccc(-c2cc(I)c(C3CNCO3)c3ocnc23)cc1.